The fraction of sp³-hybridized carbons (Fsp3) is 0.933. The fourth-order valence-corrected chi connectivity index (χ4v) is 6.08. The topological polar surface area (TPSA) is 35.5 Å². The first-order valence-corrected chi connectivity index (χ1v) is 10.4. The van der Waals surface area contributed by atoms with E-state index in [1.165, 1.54) is 20.0 Å². The maximum Gasteiger partial charge on any atom is 0.311 e. The van der Waals surface area contributed by atoms with E-state index < -0.39 is 8.32 Å². The second-order valence-corrected chi connectivity index (χ2v) is 10.4. The lowest BCUT2D eigenvalue weighted by atomic mass is 9.98. The first kappa shape index (κ1) is 16.7. The van der Waals surface area contributed by atoms with Crippen LogP contribution >= 0.6 is 0 Å². The lowest BCUT2D eigenvalue weighted by molar-refractivity contribution is -0.149. The van der Waals surface area contributed by atoms with Crippen LogP contribution in [0.4, 0.5) is 0 Å². The summed E-state index contributed by atoms with van der Waals surface area (Å²) in [4.78, 5) is 12.0. The molecule has 112 valence electrons. The average molecular weight is 286 g/mol. The highest BCUT2D eigenvalue weighted by Crippen LogP contribution is 2.32. The zero-order valence-corrected chi connectivity index (χ0v) is 14.0. The molecule has 0 aromatic heterocycles. The van der Waals surface area contributed by atoms with Crippen LogP contribution in [0.25, 0.3) is 0 Å². The van der Waals surface area contributed by atoms with Crippen molar-refractivity contribution >= 4 is 14.3 Å². The van der Waals surface area contributed by atoms with E-state index in [4.69, 9.17) is 9.16 Å². The molecule has 0 saturated heterocycles. The number of ether oxygens (including phenoxy) is 1. The Morgan fingerprint density at radius 1 is 1.05 bits per heavy atom. The van der Waals surface area contributed by atoms with E-state index in [1.54, 1.807) is 0 Å². The third-order valence-corrected chi connectivity index (χ3v) is 9.46. The first-order chi connectivity index (χ1) is 9.12. The minimum Gasteiger partial charge on any atom is -0.469 e. The number of carbonyl (C=O) groups excluding carboxylic acids is 1. The Balaban J connectivity index is 2.82. The molecule has 0 amide bonds. The van der Waals surface area contributed by atoms with Crippen LogP contribution in [0.15, 0.2) is 0 Å². The van der Waals surface area contributed by atoms with Gasteiger partial charge >= 0.3 is 5.97 Å². The Morgan fingerprint density at radius 2 is 1.63 bits per heavy atom. The molecule has 0 aromatic carbocycles. The minimum absolute atomic E-state index is 0.0379. The van der Waals surface area contributed by atoms with Gasteiger partial charge in [0.15, 0.2) is 8.32 Å². The molecule has 0 radical (unpaired) electrons. The van der Waals surface area contributed by atoms with Crippen LogP contribution in [0.1, 0.15) is 52.9 Å². The van der Waals surface area contributed by atoms with Gasteiger partial charge in [0.1, 0.15) is 0 Å². The maximum absolute atomic E-state index is 12.0. The van der Waals surface area contributed by atoms with Crippen LogP contribution in [-0.4, -0.2) is 27.5 Å². The predicted octanol–water partition coefficient (Wildman–Crippen LogP) is 4.13. The smallest absolute Gasteiger partial charge is 0.311 e. The van der Waals surface area contributed by atoms with Gasteiger partial charge in [-0.15, -0.1) is 0 Å². The van der Waals surface area contributed by atoms with Crippen LogP contribution < -0.4 is 0 Å². The lowest BCUT2D eigenvalue weighted by Gasteiger charge is -2.35. The van der Waals surface area contributed by atoms with Gasteiger partial charge in [-0.05, 0) is 31.0 Å². The first-order valence-electron chi connectivity index (χ1n) is 7.88. The van der Waals surface area contributed by atoms with Gasteiger partial charge in [0.05, 0.1) is 19.1 Å². The standard InChI is InChI=1S/C15H30O3Si/c1-5-19(6-2,7-3)18-14-12-10-8-9-11-13(14)15(16)17-4/h13-14H,5-12H2,1-4H3/t13-,14+/m1/s1. The molecule has 0 bridgehead atoms. The second kappa shape index (κ2) is 8.05. The van der Waals surface area contributed by atoms with E-state index in [2.05, 4.69) is 20.8 Å². The lowest BCUT2D eigenvalue weighted by Crippen LogP contribution is -2.44. The maximum atomic E-state index is 12.0. The zero-order valence-electron chi connectivity index (χ0n) is 13.0. The van der Waals surface area contributed by atoms with Crippen molar-refractivity contribution in [3.8, 4) is 0 Å². The highest BCUT2D eigenvalue weighted by atomic mass is 28.4. The Kier molecular flexibility index (Phi) is 7.08. The number of carbonyl (C=O) groups is 1. The summed E-state index contributed by atoms with van der Waals surface area (Å²) in [6.07, 6.45) is 5.57. The normalized spacial score (nSPS) is 24.8. The van der Waals surface area contributed by atoms with Gasteiger partial charge in [-0.25, -0.2) is 0 Å². The largest absolute Gasteiger partial charge is 0.469 e. The number of hydrogen-bond acceptors (Lipinski definition) is 3. The average Bonchev–Trinajstić information content (AvgIpc) is 2.69. The Bertz CT molecular complexity index is 268. The van der Waals surface area contributed by atoms with E-state index >= 15 is 0 Å². The quantitative estimate of drug-likeness (QED) is 0.418. The number of rotatable bonds is 6. The van der Waals surface area contributed by atoms with E-state index in [1.807, 2.05) is 0 Å². The SMILES string of the molecule is CC[Si](CC)(CC)O[C@H]1CCCCC[C@H]1C(=O)OC. The molecule has 19 heavy (non-hydrogen) atoms. The van der Waals surface area contributed by atoms with Crippen LogP contribution in [0.2, 0.25) is 18.1 Å². The molecule has 1 fully saturated rings. The summed E-state index contributed by atoms with van der Waals surface area (Å²) < 4.78 is 11.6. The molecule has 1 aliphatic rings. The summed E-state index contributed by atoms with van der Waals surface area (Å²) in [5, 5.41) is 0. The van der Waals surface area contributed by atoms with Crippen molar-refractivity contribution in [2.45, 2.75) is 77.1 Å². The highest BCUT2D eigenvalue weighted by Gasteiger charge is 2.38. The molecule has 0 unspecified atom stereocenters. The van der Waals surface area contributed by atoms with Gasteiger partial charge in [-0.3, -0.25) is 4.79 Å². The summed E-state index contributed by atoms with van der Waals surface area (Å²) in [5.41, 5.74) is 0. The third-order valence-electron chi connectivity index (χ3n) is 4.79. The van der Waals surface area contributed by atoms with E-state index in [0.717, 1.165) is 37.4 Å². The minimum atomic E-state index is -1.64. The van der Waals surface area contributed by atoms with Crippen molar-refractivity contribution in [3.63, 3.8) is 0 Å². The molecule has 0 N–H and O–H groups in total. The summed E-state index contributed by atoms with van der Waals surface area (Å²) in [6.45, 7) is 6.72. The van der Waals surface area contributed by atoms with Gasteiger partial charge in [0.2, 0.25) is 0 Å². The molecular weight excluding hydrogens is 256 g/mol. The molecule has 1 rings (SSSR count). The fourth-order valence-electron chi connectivity index (χ4n) is 3.16. The number of esters is 1. The van der Waals surface area contributed by atoms with Crippen LogP contribution in [0.5, 0.6) is 0 Å². The summed E-state index contributed by atoms with van der Waals surface area (Å²) in [7, 11) is -0.141. The van der Waals surface area contributed by atoms with Crippen molar-refractivity contribution in [1.82, 2.24) is 0 Å². The number of hydrogen-bond donors (Lipinski definition) is 0. The molecule has 0 aromatic rings. The molecular formula is C15H30O3Si. The Morgan fingerprint density at radius 3 is 2.16 bits per heavy atom. The van der Waals surface area contributed by atoms with Crippen molar-refractivity contribution in [2.24, 2.45) is 5.92 Å². The van der Waals surface area contributed by atoms with Gasteiger partial charge in [0.25, 0.3) is 0 Å². The summed E-state index contributed by atoms with van der Waals surface area (Å²) >= 11 is 0. The van der Waals surface area contributed by atoms with Crippen molar-refractivity contribution in [3.05, 3.63) is 0 Å². The van der Waals surface area contributed by atoms with Gasteiger partial charge < -0.3 is 9.16 Å². The third kappa shape index (κ3) is 4.31. The molecule has 0 aliphatic heterocycles. The Hall–Kier alpha value is -0.353. The molecule has 1 saturated carbocycles. The van der Waals surface area contributed by atoms with Crippen molar-refractivity contribution in [2.75, 3.05) is 7.11 Å². The van der Waals surface area contributed by atoms with E-state index in [-0.39, 0.29) is 18.0 Å². The second-order valence-electron chi connectivity index (χ2n) is 5.67. The molecule has 1 aliphatic carbocycles. The van der Waals surface area contributed by atoms with Crippen LogP contribution in [0, 0.1) is 5.92 Å². The van der Waals surface area contributed by atoms with Gasteiger partial charge in [0, 0.05) is 0 Å². The van der Waals surface area contributed by atoms with Crippen molar-refractivity contribution < 1.29 is 14.0 Å². The van der Waals surface area contributed by atoms with E-state index in [0.29, 0.717) is 0 Å². The highest BCUT2D eigenvalue weighted by molar-refractivity contribution is 6.73. The molecule has 2 atom stereocenters. The predicted molar refractivity (Wildman–Crippen MR) is 80.7 cm³/mol. The van der Waals surface area contributed by atoms with Gasteiger partial charge in [-0.1, -0.05) is 40.0 Å². The summed E-state index contributed by atoms with van der Waals surface area (Å²) in [5.74, 6) is -0.109. The van der Waals surface area contributed by atoms with Crippen LogP contribution in [0.3, 0.4) is 0 Å². The molecule has 0 heterocycles. The molecule has 4 heteroatoms. The van der Waals surface area contributed by atoms with Gasteiger partial charge in [-0.2, -0.15) is 0 Å². The monoisotopic (exact) mass is 286 g/mol. The molecule has 3 nitrogen and oxygen atoms in total. The number of methoxy groups -OCH3 is 1. The summed E-state index contributed by atoms with van der Waals surface area (Å²) in [6, 6.07) is 3.43. The molecule has 0 spiro atoms. The zero-order chi connectivity index (χ0) is 14.3. The van der Waals surface area contributed by atoms with E-state index in [9.17, 15) is 4.79 Å². The Labute approximate surface area is 119 Å². The van der Waals surface area contributed by atoms with Crippen molar-refractivity contribution in [1.29, 1.82) is 0 Å². The van der Waals surface area contributed by atoms with Crippen LogP contribution in [-0.2, 0) is 14.0 Å².